The molecule has 1 fully saturated rings. The Morgan fingerprint density at radius 1 is 1.36 bits per heavy atom. The summed E-state index contributed by atoms with van der Waals surface area (Å²) in [5, 5.41) is 0. The van der Waals surface area contributed by atoms with E-state index in [-0.39, 0.29) is 5.97 Å². The SMILES string of the molecule is CCOC(=O)C(C)=C1CC(OCC)C1. The zero-order valence-corrected chi connectivity index (χ0v) is 9.13. The van der Waals surface area contributed by atoms with E-state index < -0.39 is 0 Å². The van der Waals surface area contributed by atoms with Crippen molar-refractivity contribution in [3.63, 3.8) is 0 Å². The van der Waals surface area contributed by atoms with Gasteiger partial charge in [0.05, 0.1) is 12.7 Å². The number of ether oxygens (including phenoxy) is 2. The topological polar surface area (TPSA) is 35.5 Å². The molecule has 14 heavy (non-hydrogen) atoms. The van der Waals surface area contributed by atoms with Crippen LogP contribution in [0.3, 0.4) is 0 Å². The second-order valence-electron chi connectivity index (χ2n) is 3.43. The molecule has 1 saturated carbocycles. The number of carbonyl (C=O) groups excluding carboxylic acids is 1. The molecule has 0 unspecified atom stereocenters. The van der Waals surface area contributed by atoms with Crippen LogP contribution in [0.25, 0.3) is 0 Å². The summed E-state index contributed by atoms with van der Waals surface area (Å²) in [5.41, 5.74) is 1.95. The number of hydrogen-bond donors (Lipinski definition) is 0. The van der Waals surface area contributed by atoms with Crippen LogP contribution in [0, 0.1) is 0 Å². The lowest BCUT2D eigenvalue weighted by Crippen LogP contribution is -2.26. The Hall–Kier alpha value is -0.830. The molecule has 80 valence electrons. The number of rotatable bonds is 4. The molecular weight excluding hydrogens is 180 g/mol. The van der Waals surface area contributed by atoms with Gasteiger partial charge in [-0.25, -0.2) is 4.79 Å². The first-order chi connectivity index (χ1) is 6.69. The first-order valence-corrected chi connectivity index (χ1v) is 5.16. The molecule has 0 saturated heterocycles. The third kappa shape index (κ3) is 2.58. The number of esters is 1. The lowest BCUT2D eigenvalue weighted by molar-refractivity contribution is -0.138. The van der Waals surface area contributed by atoms with Crippen LogP contribution in [0.4, 0.5) is 0 Å². The minimum atomic E-state index is -0.183. The van der Waals surface area contributed by atoms with Crippen molar-refractivity contribution in [2.75, 3.05) is 13.2 Å². The largest absolute Gasteiger partial charge is 0.463 e. The maximum Gasteiger partial charge on any atom is 0.333 e. The second kappa shape index (κ2) is 5.15. The van der Waals surface area contributed by atoms with E-state index in [2.05, 4.69) is 0 Å². The third-order valence-electron chi connectivity index (χ3n) is 2.46. The van der Waals surface area contributed by atoms with E-state index in [1.54, 1.807) is 0 Å². The Kier molecular flexibility index (Phi) is 4.14. The van der Waals surface area contributed by atoms with Crippen LogP contribution in [0.5, 0.6) is 0 Å². The van der Waals surface area contributed by atoms with Crippen molar-refractivity contribution in [1.29, 1.82) is 0 Å². The fourth-order valence-corrected chi connectivity index (χ4v) is 1.53. The molecule has 0 aromatic carbocycles. The van der Waals surface area contributed by atoms with Crippen LogP contribution in [-0.4, -0.2) is 25.3 Å². The van der Waals surface area contributed by atoms with E-state index in [1.165, 1.54) is 5.57 Å². The van der Waals surface area contributed by atoms with Gasteiger partial charge in [0.2, 0.25) is 0 Å². The summed E-state index contributed by atoms with van der Waals surface area (Å²) in [7, 11) is 0. The Balaban J connectivity index is 2.41. The van der Waals surface area contributed by atoms with Crippen LogP contribution in [0.1, 0.15) is 33.6 Å². The van der Waals surface area contributed by atoms with Crippen molar-refractivity contribution < 1.29 is 14.3 Å². The Morgan fingerprint density at radius 3 is 2.50 bits per heavy atom. The fraction of sp³-hybridized carbons (Fsp3) is 0.727. The van der Waals surface area contributed by atoms with Gasteiger partial charge in [-0.3, -0.25) is 0 Å². The second-order valence-corrected chi connectivity index (χ2v) is 3.43. The van der Waals surface area contributed by atoms with Crippen molar-refractivity contribution >= 4 is 5.97 Å². The van der Waals surface area contributed by atoms with Gasteiger partial charge in [-0.15, -0.1) is 0 Å². The summed E-state index contributed by atoms with van der Waals surface area (Å²) >= 11 is 0. The van der Waals surface area contributed by atoms with E-state index >= 15 is 0 Å². The van der Waals surface area contributed by atoms with Gasteiger partial charge in [-0.05, 0) is 33.6 Å². The minimum Gasteiger partial charge on any atom is -0.463 e. The fourth-order valence-electron chi connectivity index (χ4n) is 1.53. The van der Waals surface area contributed by atoms with Crippen molar-refractivity contribution in [3.8, 4) is 0 Å². The molecule has 0 aromatic heterocycles. The molecule has 0 radical (unpaired) electrons. The average Bonchev–Trinajstić information content (AvgIpc) is 2.10. The highest BCUT2D eigenvalue weighted by atomic mass is 16.5. The predicted octanol–water partition coefficient (Wildman–Crippen LogP) is 2.06. The van der Waals surface area contributed by atoms with Gasteiger partial charge in [-0.1, -0.05) is 5.57 Å². The maximum atomic E-state index is 11.3. The number of hydrogen-bond acceptors (Lipinski definition) is 3. The third-order valence-corrected chi connectivity index (χ3v) is 2.46. The first-order valence-electron chi connectivity index (χ1n) is 5.16. The molecule has 3 nitrogen and oxygen atoms in total. The van der Waals surface area contributed by atoms with Crippen LogP contribution in [-0.2, 0) is 14.3 Å². The molecule has 1 aliphatic carbocycles. The van der Waals surface area contributed by atoms with E-state index in [0.29, 0.717) is 12.7 Å². The highest BCUT2D eigenvalue weighted by molar-refractivity contribution is 5.89. The van der Waals surface area contributed by atoms with Crippen LogP contribution < -0.4 is 0 Å². The predicted molar refractivity (Wildman–Crippen MR) is 54.0 cm³/mol. The maximum absolute atomic E-state index is 11.3. The Morgan fingerprint density at radius 2 is 2.00 bits per heavy atom. The molecule has 0 aliphatic heterocycles. The quantitative estimate of drug-likeness (QED) is 0.512. The zero-order valence-electron chi connectivity index (χ0n) is 9.13. The molecule has 0 heterocycles. The van der Waals surface area contributed by atoms with Gasteiger partial charge in [-0.2, -0.15) is 0 Å². The summed E-state index contributed by atoms with van der Waals surface area (Å²) in [6, 6.07) is 0. The van der Waals surface area contributed by atoms with Gasteiger partial charge < -0.3 is 9.47 Å². The average molecular weight is 198 g/mol. The van der Waals surface area contributed by atoms with Crippen LogP contribution in [0.2, 0.25) is 0 Å². The van der Waals surface area contributed by atoms with Crippen molar-refractivity contribution in [2.45, 2.75) is 39.7 Å². The summed E-state index contributed by atoms with van der Waals surface area (Å²) in [5.74, 6) is -0.183. The lowest BCUT2D eigenvalue weighted by Gasteiger charge is -2.30. The summed E-state index contributed by atoms with van der Waals surface area (Å²) < 4.78 is 10.3. The molecule has 1 rings (SSSR count). The number of carbonyl (C=O) groups is 1. The monoisotopic (exact) mass is 198 g/mol. The van der Waals surface area contributed by atoms with Crippen molar-refractivity contribution in [3.05, 3.63) is 11.1 Å². The molecule has 1 aliphatic rings. The van der Waals surface area contributed by atoms with E-state index in [1.807, 2.05) is 20.8 Å². The van der Waals surface area contributed by atoms with Crippen LogP contribution in [0.15, 0.2) is 11.1 Å². The van der Waals surface area contributed by atoms with E-state index in [0.717, 1.165) is 25.0 Å². The molecule has 0 amide bonds. The van der Waals surface area contributed by atoms with Crippen molar-refractivity contribution in [1.82, 2.24) is 0 Å². The highest BCUT2D eigenvalue weighted by Gasteiger charge is 2.27. The standard InChI is InChI=1S/C11H18O3/c1-4-13-10-6-9(7-10)8(3)11(12)14-5-2/h10H,4-7H2,1-3H3. The van der Waals surface area contributed by atoms with Gasteiger partial charge in [0.1, 0.15) is 0 Å². The van der Waals surface area contributed by atoms with Crippen LogP contribution >= 0.6 is 0 Å². The van der Waals surface area contributed by atoms with Gasteiger partial charge in [0, 0.05) is 12.2 Å². The van der Waals surface area contributed by atoms with E-state index in [9.17, 15) is 4.79 Å². The molecular formula is C11H18O3. The normalized spacial score (nSPS) is 20.2. The van der Waals surface area contributed by atoms with Crippen molar-refractivity contribution in [2.24, 2.45) is 0 Å². The van der Waals surface area contributed by atoms with Gasteiger partial charge in [0.25, 0.3) is 0 Å². The molecule has 0 aromatic rings. The molecule has 3 heteroatoms. The smallest absolute Gasteiger partial charge is 0.333 e. The Labute approximate surface area is 85.1 Å². The lowest BCUT2D eigenvalue weighted by atomic mass is 9.85. The summed E-state index contributed by atoms with van der Waals surface area (Å²) in [4.78, 5) is 11.3. The highest BCUT2D eigenvalue weighted by Crippen LogP contribution is 2.32. The van der Waals surface area contributed by atoms with E-state index in [4.69, 9.17) is 9.47 Å². The minimum absolute atomic E-state index is 0.183. The zero-order chi connectivity index (χ0) is 10.6. The molecule has 0 spiro atoms. The molecule has 0 N–H and O–H groups in total. The molecule has 0 atom stereocenters. The Bertz CT molecular complexity index is 235. The first kappa shape index (κ1) is 11.2. The van der Waals surface area contributed by atoms with Gasteiger partial charge in [0.15, 0.2) is 0 Å². The summed E-state index contributed by atoms with van der Waals surface area (Å²) in [6.45, 7) is 6.82. The molecule has 0 bridgehead atoms. The summed E-state index contributed by atoms with van der Waals surface area (Å²) in [6.07, 6.45) is 2.09. The van der Waals surface area contributed by atoms with Gasteiger partial charge >= 0.3 is 5.97 Å².